The molecule has 1 N–H and O–H groups in total. The molecule has 2 heteroatoms. The summed E-state index contributed by atoms with van der Waals surface area (Å²) >= 11 is 0. The summed E-state index contributed by atoms with van der Waals surface area (Å²) in [7, 11) is 0. The Bertz CT molecular complexity index is 234. The standard InChI is InChI=1S/C18H35NO/c1-2-3-4-5-6-7-11-16-19-18(20)15-14-17-12-9-8-10-13-17/h17H,2-16H2,1H3,(H,19,20). The second kappa shape index (κ2) is 12.2. The van der Waals surface area contributed by atoms with Gasteiger partial charge in [-0.2, -0.15) is 0 Å². The van der Waals surface area contributed by atoms with E-state index in [-0.39, 0.29) is 5.91 Å². The molecule has 0 aliphatic heterocycles. The van der Waals surface area contributed by atoms with Crippen LogP contribution in [0.3, 0.4) is 0 Å². The van der Waals surface area contributed by atoms with Crippen LogP contribution >= 0.6 is 0 Å². The van der Waals surface area contributed by atoms with Crippen molar-refractivity contribution in [2.24, 2.45) is 5.92 Å². The lowest BCUT2D eigenvalue weighted by Gasteiger charge is -2.20. The van der Waals surface area contributed by atoms with Gasteiger partial charge in [-0.15, -0.1) is 0 Å². The molecular weight excluding hydrogens is 246 g/mol. The Balaban J connectivity index is 1.84. The molecule has 0 bridgehead atoms. The fourth-order valence-corrected chi connectivity index (χ4v) is 3.21. The molecule has 2 nitrogen and oxygen atoms in total. The summed E-state index contributed by atoms with van der Waals surface area (Å²) in [6, 6.07) is 0. The van der Waals surface area contributed by atoms with Crippen molar-refractivity contribution >= 4 is 5.91 Å². The van der Waals surface area contributed by atoms with Gasteiger partial charge in [0.2, 0.25) is 5.91 Å². The number of hydrogen-bond donors (Lipinski definition) is 1. The molecule has 0 atom stereocenters. The molecule has 1 amide bonds. The van der Waals surface area contributed by atoms with Crippen molar-refractivity contribution in [3.63, 3.8) is 0 Å². The third-order valence-electron chi connectivity index (χ3n) is 4.61. The average molecular weight is 281 g/mol. The number of hydrogen-bond acceptors (Lipinski definition) is 1. The predicted octanol–water partition coefficient (Wildman–Crippen LogP) is 5.21. The maximum atomic E-state index is 11.7. The molecule has 0 saturated heterocycles. The zero-order chi connectivity index (χ0) is 14.5. The van der Waals surface area contributed by atoms with E-state index in [9.17, 15) is 4.79 Å². The topological polar surface area (TPSA) is 29.1 Å². The smallest absolute Gasteiger partial charge is 0.220 e. The van der Waals surface area contributed by atoms with Crippen LogP contribution in [-0.4, -0.2) is 12.5 Å². The number of rotatable bonds is 11. The molecule has 118 valence electrons. The molecule has 0 spiro atoms. The van der Waals surface area contributed by atoms with E-state index >= 15 is 0 Å². The van der Waals surface area contributed by atoms with E-state index in [1.807, 2.05) is 0 Å². The summed E-state index contributed by atoms with van der Waals surface area (Å²) in [5.41, 5.74) is 0. The summed E-state index contributed by atoms with van der Waals surface area (Å²) in [6.45, 7) is 3.14. The van der Waals surface area contributed by atoms with Gasteiger partial charge in [-0.05, 0) is 18.8 Å². The second-order valence-electron chi connectivity index (χ2n) is 6.51. The van der Waals surface area contributed by atoms with Crippen molar-refractivity contribution in [3.05, 3.63) is 0 Å². The van der Waals surface area contributed by atoms with Crippen molar-refractivity contribution < 1.29 is 4.79 Å². The van der Waals surface area contributed by atoms with Gasteiger partial charge in [0, 0.05) is 13.0 Å². The van der Waals surface area contributed by atoms with Gasteiger partial charge >= 0.3 is 0 Å². The number of amides is 1. The van der Waals surface area contributed by atoms with Crippen LogP contribution < -0.4 is 5.32 Å². The molecule has 0 aromatic rings. The van der Waals surface area contributed by atoms with Gasteiger partial charge in [0.25, 0.3) is 0 Å². The van der Waals surface area contributed by atoms with Gasteiger partial charge in [0.15, 0.2) is 0 Å². The first-order chi connectivity index (χ1) is 9.83. The summed E-state index contributed by atoms with van der Waals surface area (Å²) in [5.74, 6) is 1.11. The van der Waals surface area contributed by atoms with E-state index in [4.69, 9.17) is 0 Å². The molecule has 1 aliphatic carbocycles. The Labute approximate surface area is 126 Å². The minimum absolute atomic E-state index is 0.279. The zero-order valence-electron chi connectivity index (χ0n) is 13.6. The highest BCUT2D eigenvalue weighted by atomic mass is 16.1. The third-order valence-corrected chi connectivity index (χ3v) is 4.61. The highest BCUT2D eigenvalue weighted by Gasteiger charge is 2.14. The fourth-order valence-electron chi connectivity index (χ4n) is 3.21. The van der Waals surface area contributed by atoms with Gasteiger partial charge < -0.3 is 5.32 Å². The Morgan fingerprint density at radius 3 is 2.30 bits per heavy atom. The number of nitrogens with one attached hydrogen (secondary N) is 1. The maximum Gasteiger partial charge on any atom is 0.220 e. The van der Waals surface area contributed by atoms with Gasteiger partial charge in [0.1, 0.15) is 0 Å². The predicted molar refractivity (Wildman–Crippen MR) is 86.8 cm³/mol. The fraction of sp³-hybridized carbons (Fsp3) is 0.944. The van der Waals surface area contributed by atoms with Crippen LogP contribution in [-0.2, 0) is 4.79 Å². The molecule has 1 rings (SSSR count). The molecule has 0 aromatic heterocycles. The SMILES string of the molecule is CCCCCCCCCNC(=O)CCC1CCCCC1. The maximum absolute atomic E-state index is 11.7. The van der Waals surface area contributed by atoms with Crippen molar-refractivity contribution in [1.82, 2.24) is 5.32 Å². The first-order valence-corrected chi connectivity index (χ1v) is 9.09. The Morgan fingerprint density at radius 1 is 0.950 bits per heavy atom. The third kappa shape index (κ3) is 9.39. The Kier molecular flexibility index (Phi) is 10.7. The normalized spacial score (nSPS) is 16.2. The van der Waals surface area contributed by atoms with Crippen LogP contribution in [0.15, 0.2) is 0 Å². The van der Waals surface area contributed by atoms with Crippen molar-refractivity contribution in [3.8, 4) is 0 Å². The van der Waals surface area contributed by atoms with Gasteiger partial charge in [-0.3, -0.25) is 4.79 Å². The molecule has 20 heavy (non-hydrogen) atoms. The summed E-state index contributed by atoms with van der Waals surface area (Å²) < 4.78 is 0. The van der Waals surface area contributed by atoms with E-state index in [0.29, 0.717) is 0 Å². The minimum Gasteiger partial charge on any atom is -0.356 e. The number of carbonyl (C=O) groups is 1. The number of unbranched alkanes of at least 4 members (excludes halogenated alkanes) is 6. The molecular formula is C18H35NO. The van der Waals surface area contributed by atoms with Crippen LogP contribution in [0, 0.1) is 5.92 Å². The lowest BCUT2D eigenvalue weighted by Crippen LogP contribution is -2.25. The lowest BCUT2D eigenvalue weighted by atomic mass is 9.86. The first-order valence-electron chi connectivity index (χ1n) is 9.09. The van der Waals surface area contributed by atoms with E-state index in [1.54, 1.807) is 0 Å². The van der Waals surface area contributed by atoms with Crippen LogP contribution in [0.25, 0.3) is 0 Å². The molecule has 1 saturated carbocycles. The highest BCUT2D eigenvalue weighted by molar-refractivity contribution is 5.75. The molecule has 0 aromatic carbocycles. The quantitative estimate of drug-likeness (QED) is 0.517. The lowest BCUT2D eigenvalue weighted by molar-refractivity contribution is -0.121. The van der Waals surface area contributed by atoms with Crippen molar-refractivity contribution in [1.29, 1.82) is 0 Å². The van der Waals surface area contributed by atoms with Gasteiger partial charge in [-0.25, -0.2) is 0 Å². The van der Waals surface area contributed by atoms with Gasteiger partial charge in [0.05, 0.1) is 0 Å². The van der Waals surface area contributed by atoms with Crippen molar-refractivity contribution in [2.45, 2.75) is 96.8 Å². The molecule has 0 unspecified atom stereocenters. The molecule has 0 radical (unpaired) electrons. The largest absolute Gasteiger partial charge is 0.356 e. The van der Waals surface area contributed by atoms with Crippen LogP contribution in [0.1, 0.15) is 96.8 Å². The monoisotopic (exact) mass is 281 g/mol. The summed E-state index contributed by atoms with van der Waals surface area (Å²) in [5, 5.41) is 3.09. The molecule has 1 fully saturated rings. The summed E-state index contributed by atoms with van der Waals surface area (Å²) in [4.78, 5) is 11.7. The van der Waals surface area contributed by atoms with Gasteiger partial charge in [-0.1, -0.05) is 77.6 Å². The van der Waals surface area contributed by atoms with Crippen LogP contribution in [0.2, 0.25) is 0 Å². The van der Waals surface area contributed by atoms with E-state index < -0.39 is 0 Å². The minimum atomic E-state index is 0.279. The van der Waals surface area contributed by atoms with Crippen molar-refractivity contribution in [2.75, 3.05) is 6.54 Å². The Morgan fingerprint density at radius 2 is 1.60 bits per heavy atom. The Hall–Kier alpha value is -0.530. The highest BCUT2D eigenvalue weighted by Crippen LogP contribution is 2.27. The number of carbonyl (C=O) groups excluding carboxylic acids is 1. The summed E-state index contributed by atoms with van der Waals surface area (Å²) in [6.07, 6.45) is 17.9. The molecule has 1 aliphatic rings. The second-order valence-corrected chi connectivity index (χ2v) is 6.51. The van der Waals surface area contributed by atoms with E-state index in [0.717, 1.165) is 31.7 Å². The zero-order valence-corrected chi connectivity index (χ0v) is 13.6. The van der Waals surface area contributed by atoms with Crippen LogP contribution in [0.4, 0.5) is 0 Å². The average Bonchev–Trinajstić information content (AvgIpc) is 2.49. The van der Waals surface area contributed by atoms with E-state index in [2.05, 4.69) is 12.2 Å². The van der Waals surface area contributed by atoms with Crippen LogP contribution in [0.5, 0.6) is 0 Å². The molecule has 0 heterocycles. The van der Waals surface area contributed by atoms with E-state index in [1.165, 1.54) is 70.6 Å². The first kappa shape index (κ1) is 17.5.